The van der Waals surface area contributed by atoms with Gasteiger partial charge < -0.3 is 14.4 Å². The van der Waals surface area contributed by atoms with Gasteiger partial charge in [-0.05, 0) is 43.2 Å². The Morgan fingerprint density at radius 1 is 0.941 bits per heavy atom. The van der Waals surface area contributed by atoms with E-state index in [1.165, 1.54) is 0 Å². The highest BCUT2D eigenvalue weighted by Crippen LogP contribution is 2.40. The largest absolute Gasteiger partial charge is 0.476 e. The smallest absolute Gasteiger partial charge is 0.277 e. The first-order valence-corrected chi connectivity index (χ1v) is 11.8. The first-order valence-electron chi connectivity index (χ1n) is 11.8. The molecular weight excluding hydrogens is 432 g/mol. The van der Waals surface area contributed by atoms with E-state index in [1.54, 1.807) is 20.5 Å². The SMILES string of the molecule is O=C([C@H]1CN(C(=O)c2cc(C3CC3)nn2-c2ccccc2)c2ccccc2O1)N1CCOCC1. The van der Waals surface area contributed by atoms with Crippen LogP contribution in [-0.4, -0.2) is 65.4 Å². The van der Waals surface area contributed by atoms with Crippen molar-refractivity contribution in [3.63, 3.8) is 0 Å². The van der Waals surface area contributed by atoms with Crippen LogP contribution in [0.3, 0.4) is 0 Å². The molecule has 0 unspecified atom stereocenters. The molecule has 1 aromatic heterocycles. The number of fused-ring (bicyclic) bond motifs is 1. The van der Waals surface area contributed by atoms with Gasteiger partial charge in [0, 0.05) is 19.0 Å². The van der Waals surface area contributed by atoms with E-state index in [2.05, 4.69) is 0 Å². The maximum Gasteiger partial charge on any atom is 0.277 e. The highest BCUT2D eigenvalue weighted by Gasteiger charge is 2.38. The molecule has 1 saturated heterocycles. The number of aromatic nitrogens is 2. The topological polar surface area (TPSA) is 76.9 Å². The van der Waals surface area contributed by atoms with Gasteiger partial charge in [0.2, 0.25) is 0 Å². The minimum atomic E-state index is -0.770. The molecule has 0 bridgehead atoms. The Kier molecular flexibility index (Phi) is 5.30. The number of nitrogens with zero attached hydrogens (tertiary/aromatic N) is 4. The summed E-state index contributed by atoms with van der Waals surface area (Å²) < 4.78 is 13.2. The number of carbonyl (C=O) groups excluding carboxylic acids is 2. The standard InChI is InChI=1S/C26H26N4O4/c31-25(22-16-20(18-10-11-18)27-30(22)19-6-2-1-3-7-19)29-17-24(26(32)28-12-14-33-15-13-28)34-23-9-5-4-8-21(23)29/h1-9,16,18,24H,10-15,17H2/t24-/m1/s1. The molecule has 174 valence electrons. The Bertz CT molecular complexity index is 1210. The molecule has 34 heavy (non-hydrogen) atoms. The molecule has 0 radical (unpaired) electrons. The van der Waals surface area contributed by atoms with Crippen LogP contribution in [0.4, 0.5) is 5.69 Å². The third kappa shape index (κ3) is 3.84. The van der Waals surface area contributed by atoms with E-state index >= 15 is 0 Å². The molecule has 3 aliphatic rings. The number of anilines is 1. The fourth-order valence-electron chi connectivity index (χ4n) is 4.58. The molecule has 0 N–H and O–H groups in total. The number of ether oxygens (including phenoxy) is 2. The highest BCUT2D eigenvalue weighted by molar-refractivity contribution is 6.07. The van der Waals surface area contributed by atoms with Crippen molar-refractivity contribution in [2.45, 2.75) is 24.9 Å². The number of hydrogen-bond donors (Lipinski definition) is 0. The van der Waals surface area contributed by atoms with Gasteiger partial charge in [0.05, 0.1) is 36.8 Å². The van der Waals surface area contributed by atoms with Crippen molar-refractivity contribution in [2.75, 3.05) is 37.7 Å². The molecule has 0 spiro atoms. The Morgan fingerprint density at radius 2 is 1.68 bits per heavy atom. The minimum Gasteiger partial charge on any atom is -0.476 e. The molecule has 2 amide bonds. The van der Waals surface area contributed by atoms with Gasteiger partial charge in [0.25, 0.3) is 11.8 Å². The number of rotatable bonds is 4. The fourth-order valence-corrected chi connectivity index (χ4v) is 4.58. The summed E-state index contributed by atoms with van der Waals surface area (Å²) in [6.45, 7) is 2.22. The third-order valence-electron chi connectivity index (χ3n) is 6.56. The maximum absolute atomic E-state index is 14.0. The monoisotopic (exact) mass is 458 g/mol. The lowest BCUT2D eigenvalue weighted by Crippen LogP contribution is -2.54. The average molecular weight is 459 g/mol. The molecule has 1 atom stereocenters. The third-order valence-corrected chi connectivity index (χ3v) is 6.56. The molecule has 1 aliphatic carbocycles. The van der Waals surface area contributed by atoms with Crippen LogP contribution >= 0.6 is 0 Å². The van der Waals surface area contributed by atoms with Crippen molar-refractivity contribution in [3.8, 4) is 11.4 Å². The van der Waals surface area contributed by atoms with Gasteiger partial charge in [-0.3, -0.25) is 14.5 Å². The zero-order chi connectivity index (χ0) is 23.1. The zero-order valence-corrected chi connectivity index (χ0v) is 18.8. The number of hydrogen-bond acceptors (Lipinski definition) is 5. The van der Waals surface area contributed by atoms with Crippen LogP contribution in [0.2, 0.25) is 0 Å². The average Bonchev–Trinajstić information content (AvgIpc) is 3.66. The molecular formula is C26H26N4O4. The first kappa shape index (κ1) is 20.9. The quantitative estimate of drug-likeness (QED) is 0.601. The molecule has 8 nitrogen and oxygen atoms in total. The van der Waals surface area contributed by atoms with Crippen LogP contribution in [0.5, 0.6) is 5.75 Å². The summed E-state index contributed by atoms with van der Waals surface area (Å²) in [6.07, 6.45) is 1.42. The normalized spacial score (nSPS) is 19.9. The predicted octanol–water partition coefficient (Wildman–Crippen LogP) is 3.02. The van der Waals surface area contributed by atoms with Crippen molar-refractivity contribution in [1.29, 1.82) is 0 Å². The first-order chi connectivity index (χ1) is 16.7. The van der Waals surface area contributed by atoms with Crippen LogP contribution in [-0.2, 0) is 9.53 Å². The van der Waals surface area contributed by atoms with E-state index < -0.39 is 6.10 Å². The second-order valence-electron chi connectivity index (χ2n) is 8.90. The lowest BCUT2D eigenvalue weighted by molar-refractivity contribution is -0.142. The summed E-state index contributed by atoms with van der Waals surface area (Å²) in [4.78, 5) is 30.7. The Balaban J connectivity index is 1.36. The molecule has 3 heterocycles. The van der Waals surface area contributed by atoms with E-state index in [1.807, 2.05) is 54.6 Å². The molecule has 6 rings (SSSR count). The fraction of sp³-hybridized carbons (Fsp3) is 0.346. The molecule has 2 aromatic carbocycles. The number of benzene rings is 2. The molecule has 2 aliphatic heterocycles. The van der Waals surface area contributed by atoms with E-state index in [9.17, 15) is 9.59 Å². The van der Waals surface area contributed by atoms with Crippen molar-refractivity contribution in [2.24, 2.45) is 0 Å². The van der Waals surface area contributed by atoms with Crippen molar-refractivity contribution < 1.29 is 19.1 Å². The van der Waals surface area contributed by atoms with Gasteiger partial charge in [-0.15, -0.1) is 0 Å². The van der Waals surface area contributed by atoms with E-state index in [-0.39, 0.29) is 18.4 Å². The Hall–Kier alpha value is -3.65. The lowest BCUT2D eigenvalue weighted by atomic mass is 10.1. The van der Waals surface area contributed by atoms with Gasteiger partial charge >= 0.3 is 0 Å². The zero-order valence-electron chi connectivity index (χ0n) is 18.8. The highest BCUT2D eigenvalue weighted by atomic mass is 16.5. The van der Waals surface area contributed by atoms with Gasteiger partial charge in [-0.2, -0.15) is 5.10 Å². The number of morpholine rings is 1. The van der Waals surface area contributed by atoms with E-state index in [4.69, 9.17) is 14.6 Å². The molecule has 1 saturated carbocycles. The summed E-state index contributed by atoms with van der Waals surface area (Å²) in [7, 11) is 0. The number of amides is 2. The number of para-hydroxylation sites is 3. The molecule has 2 fully saturated rings. The van der Waals surface area contributed by atoms with Crippen LogP contribution in [0, 0.1) is 0 Å². The molecule has 8 heteroatoms. The van der Waals surface area contributed by atoms with Gasteiger partial charge in [0.15, 0.2) is 6.10 Å². The second-order valence-corrected chi connectivity index (χ2v) is 8.90. The van der Waals surface area contributed by atoms with Gasteiger partial charge in [-0.25, -0.2) is 4.68 Å². The van der Waals surface area contributed by atoms with Crippen LogP contribution in [0.15, 0.2) is 60.7 Å². The van der Waals surface area contributed by atoms with E-state index in [0.29, 0.717) is 49.4 Å². The summed E-state index contributed by atoms with van der Waals surface area (Å²) in [6, 6.07) is 19.0. The summed E-state index contributed by atoms with van der Waals surface area (Å²) >= 11 is 0. The summed E-state index contributed by atoms with van der Waals surface area (Å²) in [5.41, 5.74) is 2.92. The van der Waals surface area contributed by atoms with Crippen LogP contribution in [0.1, 0.15) is 34.9 Å². The maximum atomic E-state index is 14.0. The Morgan fingerprint density at radius 3 is 2.44 bits per heavy atom. The predicted molar refractivity (Wildman–Crippen MR) is 125 cm³/mol. The lowest BCUT2D eigenvalue weighted by Gasteiger charge is -2.37. The van der Waals surface area contributed by atoms with Gasteiger partial charge in [-0.1, -0.05) is 30.3 Å². The summed E-state index contributed by atoms with van der Waals surface area (Å²) in [5, 5.41) is 4.79. The van der Waals surface area contributed by atoms with Crippen molar-refractivity contribution >= 4 is 17.5 Å². The van der Waals surface area contributed by atoms with Crippen molar-refractivity contribution in [3.05, 3.63) is 72.1 Å². The van der Waals surface area contributed by atoms with Crippen LogP contribution in [0.25, 0.3) is 5.69 Å². The van der Waals surface area contributed by atoms with Crippen molar-refractivity contribution in [1.82, 2.24) is 14.7 Å². The molecule has 3 aromatic rings. The Labute approximate surface area is 197 Å². The van der Waals surface area contributed by atoms with E-state index in [0.717, 1.165) is 24.2 Å². The summed E-state index contributed by atoms with van der Waals surface area (Å²) in [5.74, 6) is 0.621. The van der Waals surface area contributed by atoms with Crippen LogP contribution < -0.4 is 9.64 Å². The number of carbonyl (C=O) groups is 2. The second kappa shape index (κ2) is 8.61. The van der Waals surface area contributed by atoms with Gasteiger partial charge in [0.1, 0.15) is 11.4 Å². The minimum absolute atomic E-state index is 0.120.